The average molecular weight is 247 g/mol. The number of hydrogen-bond acceptors (Lipinski definition) is 1. The Kier molecular flexibility index (Phi) is 9.40. The van der Waals surface area contributed by atoms with E-state index in [2.05, 4.69) is 34.0 Å². The van der Waals surface area contributed by atoms with Crippen LogP contribution in [0.5, 0.6) is 0 Å². The molecule has 0 aliphatic rings. The zero-order chi connectivity index (χ0) is 8.20. The first-order valence-electron chi connectivity index (χ1n) is 3.73. The summed E-state index contributed by atoms with van der Waals surface area (Å²) in [5, 5.41) is 0. The molecule has 1 radical (unpaired) electrons. The van der Waals surface area contributed by atoms with Crippen molar-refractivity contribution in [3.8, 4) is 0 Å². The normalized spacial score (nSPS) is 15.8. The van der Waals surface area contributed by atoms with Crippen LogP contribution in [0, 0.1) is 24.5 Å². The fourth-order valence-corrected chi connectivity index (χ4v) is 1.70. The Labute approximate surface area is 101 Å². The van der Waals surface area contributed by atoms with Gasteiger partial charge in [0, 0.05) is 32.7 Å². The molecule has 0 saturated heterocycles. The van der Waals surface area contributed by atoms with Crippen molar-refractivity contribution in [2.75, 3.05) is 5.75 Å². The van der Waals surface area contributed by atoms with Crippen molar-refractivity contribution in [1.82, 2.24) is 0 Å². The maximum Gasteiger partial charge on any atom is 0 e. The standard InChI is InChI=1S/C9H18S.Y/c1-6-9(4,7-10-5)8(2)3;/h8H,1,5-7H2,2-4H3;/q-2;. The van der Waals surface area contributed by atoms with E-state index in [1.165, 1.54) is 0 Å². The number of rotatable bonds is 4. The Morgan fingerprint density at radius 1 is 1.45 bits per heavy atom. The summed E-state index contributed by atoms with van der Waals surface area (Å²) in [5.74, 6) is 1.83. The molecule has 0 nitrogen and oxygen atoms in total. The molecule has 1 atom stereocenters. The van der Waals surface area contributed by atoms with Crippen LogP contribution in [-0.2, 0) is 32.7 Å². The summed E-state index contributed by atoms with van der Waals surface area (Å²) in [6.45, 7) is 10.7. The van der Waals surface area contributed by atoms with Gasteiger partial charge in [-0.05, 0) is 11.7 Å². The third-order valence-corrected chi connectivity index (χ3v) is 3.26. The second-order valence-electron chi connectivity index (χ2n) is 3.41. The predicted octanol–water partition coefficient (Wildman–Crippen LogP) is 3.40. The summed E-state index contributed by atoms with van der Waals surface area (Å²) >= 11 is 1.67. The topological polar surface area (TPSA) is 0 Å². The Hall–Kier alpha value is 1.45. The predicted molar refractivity (Wildman–Crippen MR) is 50.7 cm³/mol. The third kappa shape index (κ3) is 4.90. The molecule has 0 aliphatic carbocycles. The molecule has 0 aromatic carbocycles. The average Bonchev–Trinajstić information content (AvgIpc) is 1.88. The van der Waals surface area contributed by atoms with Crippen molar-refractivity contribution in [1.29, 1.82) is 0 Å². The summed E-state index contributed by atoms with van der Waals surface area (Å²) in [7, 11) is 0. The quantitative estimate of drug-likeness (QED) is 0.686. The molecule has 0 saturated carbocycles. The van der Waals surface area contributed by atoms with Gasteiger partial charge in [-0.3, -0.25) is 6.26 Å². The van der Waals surface area contributed by atoms with Gasteiger partial charge in [-0.25, -0.2) is 0 Å². The van der Waals surface area contributed by atoms with Crippen LogP contribution in [0.3, 0.4) is 0 Å². The molecule has 0 heterocycles. The number of hydrogen-bond donors (Lipinski definition) is 0. The molecule has 2 heteroatoms. The van der Waals surface area contributed by atoms with Crippen LogP contribution in [0.1, 0.15) is 27.2 Å². The summed E-state index contributed by atoms with van der Waals surface area (Å²) in [6, 6.07) is 0. The molecule has 0 spiro atoms. The Bertz CT molecular complexity index is 93.6. The summed E-state index contributed by atoms with van der Waals surface area (Å²) < 4.78 is 0. The van der Waals surface area contributed by atoms with Crippen molar-refractivity contribution in [3.63, 3.8) is 0 Å². The van der Waals surface area contributed by atoms with Gasteiger partial charge in [-0.15, -0.1) is 0 Å². The van der Waals surface area contributed by atoms with Crippen LogP contribution in [0.15, 0.2) is 0 Å². The maximum absolute atomic E-state index is 3.96. The minimum absolute atomic E-state index is 0. The molecule has 0 bridgehead atoms. The maximum atomic E-state index is 3.96. The second-order valence-corrected chi connectivity index (χ2v) is 4.10. The monoisotopic (exact) mass is 247 g/mol. The molecule has 11 heavy (non-hydrogen) atoms. The van der Waals surface area contributed by atoms with Gasteiger partial charge in [0.05, 0.1) is 0 Å². The molecule has 0 rings (SSSR count). The Balaban J connectivity index is 0. The fraction of sp³-hybridized carbons (Fsp3) is 0.778. The van der Waals surface area contributed by atoms with Crippen LogP contribution in [0.2, 0.25) is 0 Å². The van der Waals surface area contributed by atoms with Crippen molar-refractivity contribution in [3.05, 3.63) is 13.2 Å². The molecular weight excluding hydrogens is 229 g/mol. The van der Waals surface area contributed by atoms with Gasteiger partial charge in [0.2, 0.25) is 0 Å². The van der Waals surface area contributed by atoms with E-state index in [9.17, 15) is 0 Å². The molecule has 0 amide bonds. The zero-order valence-electron chi connectivity index (χ0n) is 7.89. The summed E-state index contributed by atoms with van der Waals surface area (Å²) in [4.78, 5) is 0. The zero-order valence-corrected chi connectivity index (χ0v) is 11.5. The van der Waals surface area contributed by atoms with Crippen LogP contribution < -0.4 is 0 Å². The van der Waals surface area contributed by atoms with Gasteiger partial charge in [-0.1, -0.05) is 26.2 Å². The first-order valence-corrected chi connectivity index (χ1v) is 4.88. The molecule has 0 fully saturated rings. The summed E-state index contributed by atoms with van der Waals surface area (Å²) in [5.41, 5.74) is 0.381. The number of thioether (sulfide) groups is 1. The molecule has 0 N–H and O–H groups in total. The van der Waals surface area contributed by atoms with E-state index >= 15 is 0 Å². The van der Waals surface area contributed by atoms with Crippen LogP contribution in [0.25, 0.3) is 0 Å². The van der Waals surface area contributed by atoms with E-state index in [1.807, 2.05) is 0 Å². The van der Waals surface area contributed by atoms with Crippen molar-refractivity contribution in [2.24, 2.45) is 11.3 Å². The van der Waals surface area contributed by atoms with Gasteiger partial charge < -0.3 is 18.7 Å². The van der Waals surface area contributed by atoms with Gasteiger partial charge in [0.15, 0.2) is 0 Å². The SMILES string of the molecule is [CH2-]CC(C)(CS[CH2-])C(C)C.[Y]. The van der Waals surface area contributed by atoms with Gasteiger partial charge in [0.25, 0.3) is 0 Å². The minimum Gasteiger partial charge on any atom is -0.354 e. The van der Waals surface area contributed by atoms with Crippen molar-refractivity contribution in [2.45, 2.75) is 27.2 Å². The Morgan fingerprint density at radius 3 is 2.00 bits per heavy atom. The van der Waals surface area contributed by atoms with E-state index in [4.69, 9.17) is 0 Å². The van der Waals surface area contributed by atoms with Crippen molar-refractivity contribution < 1.29 is 32.7 Å². The molecular formula is C9H18SY-2. The van der Waals surface area contributed by atoms with E-state index in [1.54, 1.807) is 11.8 Å². The minimum atomic E-state index is 0. The molecule has 0 aliphatic heterocycles. The fourth-order valence-electron chi connectivity index (χ4n) is 0.761. The van der Waals surface area contributed by atoms with E-state index in [0.29, 0.717) is 11.3 Å². The summed E-state index contributed by atoms with van der Waals surface area (Å²) in [6.07, 6.45) is 4.80. The van der Waals surface area contributed by atoms with Crippen molar-refractivity contribution >= 4 is 11.8 Å². The van der Waals surface area contributed by atoms with E-state index in [0.717, 1.165) is 12.2 Å². The van der Waals surface area contributed by atoms with E-state index in [-0.39, 0.29) is 32.7 Å². The van der Waals surface area contributed by atoms with Gasteiger partial charge >= 0.3 is 0 Å². The molecule has 0 aromatic rings. The first-order chi connectivity index (χ1) is 4.56. The smallest absolute Gasteiger partial charge is 0 e. The van der Waals surface area contributed by atoms with Gasteiger partial charge in [-0.2, -0.15) is 6.42 Å². The van der Waals surface area contributed by atoms with Gasteiger partial charge in [0.1, 0.15) is 0 Å². The molecule has 1 unspecified atom stereocenters. The first kappa shape index (κ1) is 15.0. The molecule has 0 aromatic heterocycles. The van der Waals surface area contributed by atoms with E-state index < -0.39 is 0 Å². The van der Waals surface area contributed by atoms with Crippen LogP contribution in [0.4, 0.5) is 0 Å². The largest absolute Gasteiger partial charge is 0.354 e. The Morgan fingerprint density at radius 2 is 1.91 bits per heavy atom. The van der Waals surface area contributed by atoms with Crippen LogP contribution in [-0.4, -0.2) is 5.75 Å². The molecule has 65 valence electrons. The third-order valence-electron chi connectivity index (χ3n) is 2.40. The second kappa shape index (κ2) is 6.92. The van der Waals surface area contributed by atoms with Crippen LogP contribution >= 0.6 is 11.8 Å².